The Morgan fingerprint density at radius 2 is 1.20 bits per heavy atom. The molecule has 0 amide bonds. The third kappa shape index (κ3) is 2.93. The quantitative estimate of drug-likeness (QED) is 0.184. The average molecular weight is 527 g/mol. The predicted molar refractivity (Wildman–Crippen MR) is 175 cm³/mol. The van der Waals surface area contributed by atoms with Crippen molar-refractivity contribution in [2.24, 2.45) is 0 Å². The predicted octanol–water partition coefficient (Wildman–Crippen LogP) is 10.7. The van der Waals surface area contributed by atoms with Crippen molar-refractivity contribution in [3.05, 3.63) is 120 Å². The van der Waals surface area contributed by atoms with E-state index in [1.807, 2.05) is 0 Å². The number of hydrogen-bond acceptors (Lipinski definition) is 3. The van der Waals surface area contributed by atoms with Gasteiger partial charge in [0.05, 0.1) is 11.4 Å². The molecule has 0 aliphatic rings. The van der Waals surface area contributed by atoms with E-state index < -0.39 is 0 Å². The van der Waals surface area contributed by atoms with Gasteiger partial charge in [0.2, 0.25) is 0 Å². The maximum Gasteiger partial charge on any atom is 0.160 e. The SMILES string of the molecule is Cc1cc(N)c2ccc3c(C)cc(N(c4ccccc4)c4ccc5ccc6cccc7oc4c5c67)c4ccc1c2c34. The largest absolute Gasteiger partial charge is 0.454 e. The van der Waals surface area contributed by atoms with Gasteiger partial charge in [0.15, 0.2) is 5.58 Å². The molecule has 41 heavy (non-hydrogen) atoms. The Hall–Kier alpha value is -5.28. The Kier molecular flexibility index (Phi) is 4.34. The summed E-state index contributed by atoms with van der Waals surface area (Å²) >= 11 is 0. The zero-order valence-corrected chi connectivity index (χ0v) is 22.8. The van der Waals surface area contributed by atoms with Crippen LogP contribution in [0.5, 0.6) is 0 Å². The van der Waals surface area contributed by atoms with Gasteiger partial charge in [0.25, 0.3) is 0 Å². The molecule has 0 radical (unpaired) electrons. The molecule has 0 aliphatic carbocycles. The van der Waals surface area contributed by atoms with Gasteiger partial charge in [0, 0.05) is 32.9 Å². The van der Waals surface area contributed by atoms with Crippen molar-refractivity contribution < 1.29 is 4.42 Å². The summed E-state index contributed by atoms with van der Waals surface area (Å²) in [6.45, 7) is 4.36. The van der Waals surface area contributed by atoms with Gasteiger partial charge >= 0.3 is 0 Å². The number of nitrogens with zero attached hydrogens (tertiary/aromatic N) is 1. The summed E-state index contributed by atoms with van der Waals surface area (Å²) in [6, 6.07) is 39.1. The summed E-state index contributed by atoms with van der Waals surface area (Å²) in [7, 11) is 0. The lowest BCUT2D eigenvalue weighted by Gasteiger charge is -2.28. The minimum atomic E-state index is 0.824. The second kappa shape index (κ2) is 7.89. The molecule has 194 valence electrons. The van der Waals surface area contributed by atoms with E-state index in [0.717, 1.165) is 39.3 Å². The number of nitrogen functional groups attached to an aromatic ring is 1. The third-order valence-corrected chi connectivity index (χ3v) is 8.95. The number of rotatable bonds is 3. The summed E-state index contributed by atoms with van der Waals surface area (Å²) in [5.41, 5.74) is 14.9. The summed E-state index contributed by atoms with van der Waals surface area (Å²) < 4.78 is 6.70. The van der Waals surface area contributed by atoms with Crippen LogP contribution in [0.1, 0.15) is 11.1 Å². The van der Waals surface area contributed by atoms with E-state index in [2.05, 4.69) is 128 Å². The Bertz CT molecular complexity index is 2430. The van der Waals surface area contributed by atoms with Gasteiger partial charge in [-0.15, -0.1) is 0 Å². The highest BCUT2D eigenvalue weighted by molar-refractivity contribution is 6.29. The molecule has 3 nitrogen and oxygen atoms in total. The summed E-state index contributed by atoms with van der Waals surface area (Å²) in [4.78, 5) is 2.37. The first kappa shape index (κ1) is 22.5. The number of anilines is 4. The molecule has 9 aromatic rings. The van der Waals surface area contributed by atoms with Crippen LogP contribution in [0.4, 0.5) is 22.7 Å². The van der Waals surface area contributed by atoms with Crippen LogP contribution in [-0.4, -0.2) is 0 Å². The molecule has 0 aliphatic heterocycles. The summed E-state index contributed by atoms with van der Waals surface area (Å²) in [5.74, 6) is 0. The van der Waals surface area contributed by atoms with Crippen LogP contribution in [0.15, 0.2) is 114 Å². The van der Waals surface area contributed by atoms with E-state index in [9.17, 15) is 0 Å². The average Bonchev–Trinajstić information content (AvgIpc) is 3.40. The maximum atomic E-state index is 6.70. The molecule has 0 bridgehead atoms. The molecule has 2 N–H and O–H groups in total. The van der Waals surface area contributed by atoms with Crippen molar-refractivity contribution in [2.75, 3.05) is 10.6 Å². The minimum Gasteiger partial charge on any atom is -0.454 e. The third-order valence-electron chi connectivity index (χ3n) is 8.95. The molecule has 0 atom stereocenters. The minimum absolute atomic E-state index is 0.824. The zero-order chi connectivity index (χ0) is 27.4. The molecule has 0 fully saturated rings. The van der Waals surface area contributed by atoms with Crippen molar-refractivity contribution in [3.63, 3.8) is 0 Å². The highest BCUT2D eigenvalue weighted by atomic mass is 16.3. The van der Waals surface area contributed by atoms with E-state index in [4.69, 9.17) is 10.2 Å². The van der Waals surface area contributed by atoms with E-state index in [1.54, 1.807) is 0 Å². The molecule has 0 saturated heterocycles. The lowest BCUT2D eigenvalue weighted by molar-refractivity contribution is 0.669. The standard InChI is InChI=1S/C38H26N2O/c1-21-19-30(39)28-16-14-27-22(2)20-32(29-17-15-26(21)36(28)37(27)29)40(25-8-4-3-5-9-25)31-18-13-24-12-11-23-7-6-10-33-34(23)35(24)38(31)41-33/h3-20H,39H2,1-2H3. The van der Waals surface area contributed by atoms with E-state index >= 15 is 0 Å². The van der Waals surface area contributed by atoms with Gasteiger partial charge in [-0.25, -0.2) is 0 Å². The fourth-order valence-corrected chi connectivity index (χ4v) is 7.12. The topological polar surface area (TPSA) is 42.4 Å². The van der Waals surface area contributed by atoms with E-state index in [-0.39, 0.29) is 0 Å². The highest BCUT2D eigenvalue weighted by Crippen LogP contribution is 2.49. The molecular weight excluding hydrogens is 500 g/mol. The van der Waals surface area contributed by atoms with Crippen molar-refractivity contribution in [1.29, 1.82) is 0 Å². The fraction of sp³-hybridized carbons (Fsp3) is 0.0526. The number of aryl methyl sites for hydroxylation is 2. The van der Waals surface area contributed by atoms with Crippen LogP contribution in [0.25, 0.3) is 65.0 Å². The number of hydrogen-bond donors (Lipinski definition) is 1. The van der Waals surface area contributed by atoms with Crippen LogP contribution < -0.4 is 10.6 Å². The second-order valence-corrected chi connectivity index (χ2v) is 11.3. The fourth-order valence-electron chi connectivity index (χ4n) is 7.12. The van der Waals surface area contributed by atoms with Crippen molar-refractivity contribution >= 4 is 87.8 Å². The second-order valence-electron chi connectivity index (χ2n) is 11.3. The number of para-hydroxylation sites is 1. The van der Waals surface area contributed by atoms with Crippen LogP contribution >= 0.6 is 0 Å². The lowest BCUT2D eigenvalue weighted by atomic mass is 9.88. The van der Waals surface area contributed by atoms with Gasteiger partial charge in [-0.1, -0.05) is 72.8 Å². The highest BCUT2D eigenvalue weighted by Gasteiger charge is 2.24. The Balaban J connectivity index is 1.45. The molecule has 8 aromatic carbocycles. The van der Waals surface area contributed by atoms with Crippen molar-refractivity contribution in [3.8, 4) is 0 Å². The van der Waals surface area contributed by atoms with Crippen LogP contribution in [-0.2, 0) is 0 Å². The Morgan fingerprint density at radius 3 is 2.00 bits per heavy atom. The Labute approximate surface area is 236 Å². The first-order valence-corrected chi connectivity index (χ1v) is 14.1. The zero-order valence-electron chi connectivity index (χ0n) is 22.8. The van der Waals surface area contributed by atoms with Gasteiger partial charge in [-0.3, -0.25) is 0 Å². The molecule has 3 heteroatoms. The molecule has 0 spiro atoms. The van der Waals surface area contributed by atoms with Crippen LogP contribution in [0, 0.1) is 13.8 Å². The smallest absolute Gasteiger partial charge is 0.160 e. The van der Waals surface area contributed by atoms with Crippen LogP contribution in [0.2, 0.25) is 0 Å². The number of nitrogens with two attached hydrogens (primary N) is 1. The molecule has 1 aromatic heterocycles. The van der Waals surface area contributed by atoms with E-state index in [0.29, 0.717) is 0 Å². The summed E-state index contributed by atoms with van der Waals surface area (Å²) in [6.07, 6.45) is 0. The van der Waals surface area contributed by atoms with Crippen molar-refractivity contribution in [1.82, 2.24) is 0 Å². The van der Waals surface area contributed by atoms with Gasteiger partial charge in [-0.2, -0.15) is 0 Å². The van der Waals surface area contributed by atoms with Gasteiger partial charge in [-0.05, 0) is 93.7 Å². The monoisotopic (exact) mass is 526 g/mol. The summed E-state index contributed by atoms with van der Waals surface area (Å²) in [5, 5.41) is 12.1. The van der Waals surface area contributed by atoms with Crippen molar-refractivity contribution in [2.45, 2.75) is 13.8 Å². The Morgan fingerprint density at radius 1 is 0.537 bits per heavy atom. The molecular formula is C38H26N2O. The molecule has 1 heterocycles. The number of furan rings is 1. The van der Waals surface area contributed by atoms with Gasteiger partial charge < -0.3 is 15.1 Å². The first-order chi connectivity index (χ1) is 20.1. The maximum absolute atomic E-state index is 6.70. The lowest BCUT2D eigenvalue weighted by Crippen LogP contribution is -2.11. The van der Waals surface area contributed by atoms with Gasteiger partial charge in [0.1, 0.15) is 5.58 Å². The molecule has 0 unspecified atom stereocenters. The number of benzene rings is 8. The molecule has 9 rings (SSSR count). The first-order valence-electron chi connectivity index (χ1n) is 14.1. The van der Waals surface area contributed by atoms with E-state index in [1.165, 1.54) is 59.6 Å². The normalized spacial score (nSPS) is 12.2. The molecule has 0 saturated carbocycles. The van der Waals surface area contributed by atoms with Crippen LogP contribution in [0.3, 0.4) is 0 Å².